The Labute approximate surface area is 197 Å². The lowest BCUT2D eigenvalue weighted by molar-refractivity contribution is -0.118. The van der Waals surface area contributed by atoms with Crippen LogP contribution in [0.3, 0.4) is 0 Å². The molecule has 1 amide bonds. The van der Waals surface area contributed by atoms with E-state index in [2.05, 4.69) is 40.4 Å². The van der Waals surface area contributed by atoms with Gasteiger partial charge in [0, 0.05) is 39.4 Å². The summed E-state index contributed by atoms with van der Waals surface area (Å²) in [5.41, 5.74) is 4.28. The summed E-state index contributed by atoms with van der Waals surface area (Å²) in [6, 6.07) is 15.1. The van der Waals surface area contributed by atoms with Crippen molar-refractivity contribution in [1.82, 2.24) is 5.32 Å². The molecular weight excluding hydrogens is 468 g/mol. The number of para-hydroxylation sites is 2. The number of hydrogen-bond donors (Lipinski definition) is 2. The van der Waals surface area contributed by atoms with Crippen LogP contribution < -0.4 is 15.4 Å². The van der Waals surface area contributed by atoms with Crippen LogP contribution in [0.2, 0.25) is 0 Å². The largest absolute Gasteiger partial charge is 0.495 e. The molecule has 2 aromatic carbocycles. The minimum atomic E-state index is -0.443. The zero-order chi connectivity index (χ0) is 23.0. The molecule has 0 fully saturated rings. The fourth-order valence-corrected chi connectivity index (χ4v) is 5.11. The fourth-order valence-electron chi connectivity index (χ4n) is 4.69. The van der Waals surface area contributed by atoms with Crippen LogP contribution in [0.5, 0.6) is 5.75 Å². The molecule has 1 heterocycles. The molecule has 0 saturated heterocycles. The van der Waals surface area contributed by atoms with Crippen molar-refractivity contribution in [3.63, 3.8) is 0 Å². The van der Waals surface area contributed by atoms with Gasteiger partial charge in [-0.25, -0.2) is 0 Å². The number of ether oxygens (including phenoxy) is 1. The van der Waals surface area contributed by atoms with E-state index >= 15 is 0 Å². The summed E-state index contributed by atoms with van der Waals surface area (Å²) in [6.45, 7) is 6.11. The number of benzene rings is 2. The number of rotatable bonds is 4. The van der Waals surface area contributed by atoms with Gasteiger partial charge in [0.2, 0.25) is 0 Å². The van der Waals surface area contributed by atoms with Crippen molar-refractivity contribution in [2.45, 2.75) is 39.5 Å². The third-order valence-corrected chi connectivity index (χ3v) is 6.51. The van der Waals surface area contributed by atoms with E-state index in [4.69, 9.17) is 4.74 Å². The number of allylic oxidation sites excluding steroid dienone is 3. The summed E-state index contributed by atoms with van der Waals surface area (Å²) in [5.74, 6) is -0.0307. The number of anilines is 1. The first-order valence-corrected chi connectivity index (χ1v) is 11.4. The molecule has 6 heteroatoms. The number of Topliss-reactive ketones (excluding diaryl/α,β-unsaturated/α-hetero) is 1. The van der Waals surface area contributed by atoms with Gasteiger partial charge in [-0.15, -0.1) is 0 Å². The van der Waals surface area contributed by atoms with Crippen LogP contribution in [0.1, 0.15) is 45.1 Å². The minimum Gasteiger partial charge on any atom is -0.495 e. The van der Waals surface area contributed by atoms with Crippen LogP contribution in [-0.4, -0.2) is 18.8 Å². The zero-order valence-electron chi connectivity index (χ0n) is 18.7. The van der Waals surface area contributed by atoms with Crippen LogP contribution in [0, 0.1) is 5.41 Å². The lowest BCUT2D eigenvalue weighted by Gasteiger charge is -2.39. The number of ketones is 1. The summed E-state index contributed by atoms with van der Waals surface area (Å²) < 4.78 is 6.30. The smallest absolute Gasteiger partial charge is 0.254 e. The molecule has 0 radical (unpaired) electrons. The number of hydrogen-bond acceptors (Lipinski definition) is 4. The van der Waals surface area contributed by atoms with Crippen molar-refractivity contribution in [3.8, 4) is 5.75 Å². The number of carbonyl (C=O) groups excluding carboxylic acids is 2. The van der Waals surface area contributed by atoms with E-state index in [9.17, 15) is 9.59 Å². The first-order chi connectivity index (χ1) is 15.2. The highest BCUT2D eigenvalue weighted by Crippen LogP contribution is 2.47. The lowest BCUT2D eigenvalue weighted by atomic mass is 9.68. The van der Waals surface area contributed by atoms with Crippen molar-refractivity contribution in [2.75, 3.05) is 12.4 Å². The van der Waals surface area contributed by atoms with Gasteiger partial charge in [-0.3, -0.25) is 9.59 Å². The van der Waals surface area contributed by atoms with Crippen molar-refractivity contribution >= 4 is 33.3 Å². The Morgan fingerprint density at radius 3 is 2.62 bits per heavy atom. The fraction of sp³-hybridized carbons (Fsp3) is 0.308. The average Bonchev–Trinajstić information content (AvgIpc) is 2.72. The Morgan fingerprint density at radius 2 is 1.91 bits per heavy atom. The quantitative estimate of drug-likeness (QED) is 0.571. The van der Waals surface area contributed by atoms with Gasteiger partial charge in [0.1, 0.15) is 5.75 Å². The highest BCUT2D eigenvalue weighted by Gasteiger charge is 2.42. The molecule has 2 aliphatic rings. The number of dihydropyridines is 1. The van der Waals surface area contributed by atoms with Gasteiger partial charge in [-0.1, -0.05) is 54.0 Å². The van der Waals surface area contributed by atoms with Crippen molar-refractivity contribution in [1.29, 1.82) is 0 Å². The molecule has 0 saturated carbocycles. The predicted octanol–water partition coefficient (Wildman–Crippen LogP) is 5.70. The summed E-state index contributed by atoms with van der Waals surface area (Å²) >= 11 is 3.54. The van der Waals surface area contributed by atoms with Crippen molar-refractivity contribution in [3.05, 3.63) is 81.1 Å². The molecule has 32 heavy (non-hydrogen) atoms. The molecule has 1 aliphatic carbocycles. The second kappa shape index (κ2) is 8.58. The normalized spacial score (nSPS) is 19.9. The van der Waals surface area contributed by atoms with Gasteiger partial charge >= 0.3 is 0 Å². The second-order valence-corrected chi connectivity index (χ2v) is 10.1. The molecule has 0 aromatic heterocycles. The number of methoxy groups -OCH3 is 1. The van der Waals surface area contributed by atoms with E-state index in [0.29, 0.717) is 29.0 Å². The molecule has 0 spiro atoms. The number of carbonyl (C=O) groups is 2. The monoisotopic (exact) mass is 494 g/mol. The van der Waals surface area contributed by atoms with Crippen molar-refractivity contribution in [2.24, 2.45) is 5.41 Å². The number of nitrogens with one attached hydrogen (secondary N) is 2. The molecular formula is C26H27BrN2O3. The number of halogens is 1. The van der Waals surface area contributed by atoms with E-state index in [1.165, 1.54) is 0 Å². The molecule has 166 valence electrons. The van der Waals surface area contributed by atoms with Crippen LogP contribution in [0.15, 0.2) is 75.5 Å². The molecule has 1 unspecified atom stereocenters. The maximum Gasteiger partial charge on any atom is 0.254 e. The highest BCUT2D eigenvalue weighted by molar-refractivity contribution is 9.10. The molecule has 0 bridgehead atoms. The molecule has 2 aromatic rings. The van der Waals surface area contributed by atoms with Gasteiger partial charge < -0.3 is 15.4 Å². The van der Waals surface area contributed by atoms with E-state index in [1.807, 2.05) is 43.3 Å². The first kappa shape index (κ1) is 22.3. The second-order valence-electron chi connectivity index (χ2n) is 9.14. The van der Waals surface area contributed by atoms with Crippen molar-refractivity contribution < 1.29 is 14.3 Å². The standard InChI is InChI=1S/C26H27BrN2O3/c1-15-22(25(31)29-18-10-5-6-11-21(18)32-4)23(16-8-7-9-17(27)12-16)24-19(28-15)13-26(2,3)14-20(24)30/h5-12,23,28H,13-14H2,1-4H3,(H,29,31). The van der Waals surface area contributed by atoms with Gasteiger partial charge in [0.25, 0.3) is 5.91 Å². The third kappa shape index (κ3) is 4.24. The van der Waals surface area contributed by atoms with Gasteiger partial charge in [-0.05, 0) is 48.6 Å². The van der Waals surface area contributed by atoms with Gasteiger partial charge in [0.15, 0.2) is 5.78 Å². The predicted molar refractivity (Wildman–Crippen MR) is 129 cm³/mol. The molecule has 1 atom stereocenters. The van der Waals surface area contributed by atoms with E-state index < -0.39 is 5.92 Å². The Balaban J connectivity index is 1.82. The van der Waals surface area contributed by atoms with Crippen LogP contribution >= 0.6 is 15.9 Å². The molecule has 4 rings (SSSR count). The SMILES string of the molecule is COc1ccccc1NC(=O)C1=C(C)NC2=C(C(=O)CC(C)(C)C2)C1c1cccc(Br)c1. The first-order valence-electron chi connectivity index (χ1n) is 10.6. The van der Waals surface area contributed by atoms with Gasteiger partial charge in [0.05, 0.1) is 12.8 Å². The summed E-state index contributed by atoms with van der Waals surface area (Å²) in [7, 11) is 1.57. The average molecular weight is 495 g/mol. The highest BCUT2D eigenvalue weighted by atomic mass is 79.9. The van der Waals surface area contributed by atoms with E-state index in [1.54, 1.807) is 19.2 Å². The van der Waals surface area contributed by atoms with Gasteiger partial charge in [-0.2, -0.15) is 0 Å². The van der Waals surface area contributed by atoms with Crippen LogP contribution in [-0.2, 0) is 9.59 Å². The van der Waals surface area contributed by atoms with Crippen LogP contribution in [0.4, 0.5) is 5.69 Å². The Morgan fingerprint density at radius 1 is 1.16 bits per heavy atom. The minimum absolute atomic E-state index is 0.0869. The molecule has 5 nitrogen and oxygen atoms in total. The van der Waals surface area contributed by atoms with E-state index in [0.717, 1.165) is 27.9 Å². The summed E-state index contributed by atoms with van der Waals surface area (Å²) in [4.78, 5) is 27.0. The Bertz CT molecular complexity index is 1160. The van der Waals surface area contributed by atoms with E-state index in [-0.39, 0.29) is 17.1 Å². The molecule has 1 aliphatic heterocycles. The Kier molecular flexibility index (Phi) is 5.99. The third-order valence-electron chi connectivity index (χ3n) is 6.02. The maximum atomic E-state index is 13.6. The topological polar surface area (TPSA) is 67.4 Å². The molecule has 2 N–H and O–H groups in total. The van der Waals surface area contributed by atoms with Crippen LogP contribution in [0.25, 0.3) is 0 Å². The summed E-state index contributed by atoms with van der Waals surface area (Å²) in [5, 5.41) is 6.39. The number of amides is 1. The summed E-state index contributed by atoms with van der Waals surface area (Å²) in [6.07, 6.45) is 1.22. The Hall–Kier alpha value is -2.86. The lowest BCUT2D eigenvalue weighted by Crippen LogP contribution is -2.39. The zero-order valence-corrected chi connectivity index (χ0v) is 20.3. The maximum absolute atomic E-state index is 13.6.